The van der Waals surface area contributed by atoms with Crippen molar-refractivity contribution in [2.45, 2.75) is 45.6 Å². The Bertz CT molecular complexity index is 407. The van der Waals surface area contributed by atoms with Crippen molar-refractivity contribution < 1.29 is 9.84 Å². The van der Waals surface area contributed by atoms with Crippen LogP contribution in [0.3, 0.4) is 0 Å². The fourth-order valence-corrected chi connectivity index (χ4v) is 2.79. The van der Waals surface area contributed by atoms with Crippen molar-refractivity contribution in [3.8, 4) is 5.75 Å². The number of aryl methyl sites for hydroxylation is 1. The van der Waals surface area contributed by atoms with Gasteiger partial charge >= 0.3 is 0 Å². The lowest BCUT2D eigenvalue weighted by molar-refractivity contribution is 0.161. The lowest BCUT2D eigenvalue weighted by Crippen LogP contribution is -2.14. The Morgan fingerprint density at radius 1 is 1.44 bits per heavy atom. The lowest BCUT2D eigenvalue weighted by Gasteiger charge is -2.22. The van der Waals surface area contributed by atoms with E-state index in [1.54, 1.807) is 0 Å². The quantitative estimate of drug-likeness (QED) is 0.829. The zero-order chi connectivity index (χ0) is 11.9. The Balaban J connectivity index is 2.62. The fourth-order valence-electron chi connectivity index (χ4n) is 2.79. The molecule has 0 bridgehead atoms. The minimum absolute atomic E-state index is 0.00523. The van der Waals surface area contributed by atoms with E-state index in [2.05, 4.69) is 20.8 Å². The lowest BCUT2D eigenvalue weighted by atomic mass is 9.85. The average molecular weight is 220 g/mol. The Kier molecular flexibility index (Phi) is 2.70. The van der Waals surface area contributed by atoms with Gasteiger partial charge in [-0.25, -0.2) is 0 Å². The molecule has 0 aromatic heterocycles. The van der Waals surface area contributed by atoms with Crippen molar-refractivity contribution in [3.63, 3.8) is 0 Å². The Hall–Kier alpha value is -1.02. The maximum absolute atomic E-state index is 10.1. The zero-order valence-electron chi connectivity index (χ0n) is 10.5. The normalized spacial score (nSPS) is 21.9. The molecule has 1 aromatic carbocycles. The second kappa shape index (κ2) is 3.77. The molecule has 1 unspecified atom stereocenters. The molecule has 0 spiro atoms. The topological polar surface area (TPSA) is 29.5 Å². The molecule has 0 fully saturated rings. The van der Waals surface area contributed by atoms with E-state index in [1.807, 2.05) is 19.1 Å². The summed E-state index contributed by atoms with van der Waals surface area (Å²) in [6, 6.07) is 4.06. The van der Waals surface area contributed by atoms with Crippen LogP contribution < -0.4 is 4.74 Å². The molecule has 0 heterocycles. The highest BCUT2D eigenvalue weighted by molar-refractivity contribution is 5.53. The summed E-state index contributed by atoms with van der Waals surface area (Å²) in [4.78, 5) is 0. The van der Waals surface area contributed by atoms with Gasteiger partial charge in [0, 0.05) is 5.56 Å². The SMILES string of the molecule is CCOc1ccc(C)c2c1C(C)(C)CC2O. The monoisotopic (exact) mass is 220 g/mol. The first kappa shape index (κ1) is 11.5. The van der Waals surface area contributed by atoms with Crippen molar-refractivity contribution in [2.75, 3.05) is 6.61 Å². The van der Waals surface area contributed by atoms with Gasteiger partial charge in [-0.05, 0) is 42.9 Å². The van der Waals surface area contributed by atoms with Gasteiger partial charge < -0.3 is 9.84 Å². The second-order valence-corrected chi connectivity index (χ2v) is 5.21. The highest BCUT2D eigenvalue weighted by Gasteiger charge is 2.39. The van der Waals surface area contributed by atoms with Crippen molar-refractivity contribution in [1.29, 1.82) is 0 Å². The van der Waals surface area contributed by atoms with E-state index in [4.69, 9.17) is 4.74 Å². The summed E-state index contributed by atoms with van der Waals surface area (Å²) < 4.78 is 5.68. The number of fused-ring (bicyclic) bond motifs is 1. The molecule has 0 saturated carbocycles. The first-order chi connectivity index (χ1) is 7.47. The molecule has 2 heteroatoms. The van der Waals surface area contributed by atoms with Gasteiger partial charge in [0.15, 0.2) is 0 Å². The summed E-state index contributed by atoms with van der Waals surface area (Å²) >= 11 is 0. The van der Waals surface area contributed by atoms with Crippen LogP contribution in [0.4, 0.5) is 0 Å². The van der Waals surface area contributed by atoms with Crippen LogP contribution in [0.2, 0.25) is 0 Å². The molecule has 2 rings (SSSR count). The highest BCUT2D eigenvalue weighted by atomic mass is 16.5. The van der Waals surface area contributed by atoms with Gasteiger partial charge in [-0.15, -0.1) is 0 Å². The highest BCUT2D eigenvalue weighted by Crippen LogP contribution is 2.49. The van der Waals surface area contributed by atoms with E-state index >= 15 is 0 Å². The van der Waals surface area contributed by atoms with E-state index < -0.39 is 0 Å². The third-order valence-corrected chi connectivity index (χ3v) is 3.44. The van der Waals surface area contributed by atoms with Crippen LogP contribution in [0.25, 0.3) is 0 Å². The van der Waals surface area contributed by atoms with Crippen molar-refractivity contribution >= 4 is 0 Å². The van der Waals surface area contributed by atoms with Crippen LogP contribution >= 0.6 is 0 Å². The number of ether oxygens (including phenoxy) is 1. The molecule has 1 aliphatic carbocycles. The molecular formula is C14H20O2. The minimum atomic E-state index is -0.342. The molecule has 1 atom stereocenters. The summed E-state index contributed by atoms with van der Waals surface area (Å²) in [5.74, 6) is 0.935. The Morgan fingerprint density at radius 2 is 2.12 bits per heavy atom. The number of benzene rings is 1. The third kappa shape index (κ3) is 1.61. The van der Waals surface area contributed by atoms with Crippen LogP contribution in [0.15, 0.2) is 12.1 Å². The molecule has 0 aliphatic heterocycles. The van der Waals surface area contributed by atoms with E-state index in [9.17, 15) is 5.11 Å². The molecule has 88 valence electrons. The van der Waals surface area contributed by atoms with Crippen LogP contribution in [0.1, 0.15) is 50.0 Å². The molecule has 0 saturated heterocycles. The van der Waals surface area contributed by atoms with E-state index in [0.29, 0.717) is 6.61 Å². The van der Waals surface area contributed by atoms with Crippen molar-refractivity contribution in [1.82, 2.24) is 0 Å². The van der Waals surface area contributed by atoms with Gasteiger partial charge in [-0.2, -0.15) is 0 Å². The van der Waals surface area contributed by atoms with Gasteiger partial charge in [0.05, 0.1) is 12.7 Å². The zero-order valence-corrected chi connectivity index (χ0v) is 10.5. The van der Waals surface area contributed by atoms with Crippen molar-refractivity contribution in [2.24, 2.45) is 0 Å². The number of aliphatic hydroxyl groups excluding tert-OH is 1. The molecule has 0 amide bonds. The Labute approximate surface area is 97.3 Å². The molecule has 2 nitrogen and oxygen atoms in total. The number of aliphatic hydroxyl groups is 1. The second-order valence-electron chi connectivity index (χ2n) is 5.21. The maximum atomic E-state index is 10.1. The van der Waals surface area contributed by atoms with Crippen LogP contribution in [-0.2, 0) is 5.41 Å². The minimum Gasteiger partial charge on any atom is -0.494 e. The van der Waals surface area contributed by atoms with Gasteiger partial charge in [0.25, 0.3) is 0 Å². The van der Waals surface area contributed by atoms with Crippen LogP contribution in [-0.4, -0.2) is 11.7 Å². The Morgan fingerprint density at radius 3 is 2.75 bits per heavy atom. The summed E-state index contributed by atoms with van der Waals surface area (Å²) in [6.07, 6.45) is 0.443. The maximum Gasteiger partial charge on any atom is 0.123 e. The fraction of sp³-hybridized carbons (Fsp3) is 0.571. The predicted molar refractivity (Wildman–Crippen MR) is 65.0 cm³/mol. The molecule has 0 radical (unpaired) electrons. The van der Waals surface area contributed by atoms with Crippen LogP contribution in [0, 0.1) is 6.92 Å². The summed E-state index contributed by atoms with van der Waals surface area (Å²) in [7, 11) is 0. The number of hydrogen-bond acceptors (Lipinski definition) is 2. The van der Waals surface area contributed by atoms with E-state index in [1.165, 1.54) is 5.56 Å². The van der Waals surface area contributed by atoms with Gasteiger partial charge in [-0.3, -0.25) is 0 Å². The van der Waals surface area contributed by atoms with Crippen molar-refractivity contribution in [3.05, 3.63) is 28.8 Å². The van der Waals surface area contributed by atoms with E-state index in [0.717, 1.165) is 23.3 Å². The summed E-state index contributed by atoms with van der Waals surface area (Å²) in [6.45, 7) is 9.06. The first-order valence-electron chi connectivity index (χ1n) is 5.92. The third-order valence-electron chi connectivity index (χ3n) is 3.44. The molecule has 1 N–H and O–H groups in total. The summed E-state index contributed by atoms with van der Waals surface area (Å²) in [5.41, 5.74) is 3.44. The smallest absolute Gasteiger partial charge is 0.123 e. The van der Waals surface area contributed by atoms with Gasteiger partial charge in [0.2, 0.25) is 0 Å². The standard InChI is InChI=1S/C14H20O2/c1-5-16-11-7-6-9(2)12-10(15)8-14(3,4)13(11)12/h6-7,10,15H,5,8H2,1-4H3. The number of hydrogen-bond donors (Lipinski definition) is 1. The largest absolute Gasteiger partial charge is 0.494 e. The number of rotatable bonds is 2. The molecule has 1 aliphatic rings. The molecule has 16 heavy (non-hydrogen) atoms. The molecule has 1 aromatic rings. The van der Waals surface area contributed by atoms with Gasteiger partial charge in [0.1, 0.15) is 5.75 Å². The molecular weight excluding hydrogens is 200 g/mol. The van der Waals surface area contributed by atoms with Crippen LogP contribution in [0.5, 0.6) is 5.75 Å². The van der Waals surface area contributed by atoms with Gasteiger partial charge in [-0.1, -0.05) is 19.9 Å². The van der Waals surface area contributed by atoms with E-state index in [-0.39, 0.29) is 11.5 Å². The average Bonchev–Trinajstić information content (AvgIpc) is 2.43. The summed E-state index contributed by atoms with van der Waals surface area (Å²) in [5, 5.41) is 10.1. The first-order valence-corrected chi connectivity index (χ1v) is 5.92. The predicted octanol–water partition coefficient (Wildman–Crippen LogP) is 3.11.